The smallest absolute Gasteiger partial charge is 0.249 e. The Morgan fingerprint density at radius 3 is 2.86 bits per heavy atom. The first kappa shape index (κ1) is 14.2. The normalized spacial score (nSPS) is 18.3. The summed E-state index contributed by atoms with van der Waals surface area (Å²) in [5, 5.41) is 8.01. The molecule has 0 spiro atoms. The maximum Gasteiger partial charge on any atom is 0.249 e. The summed E-state index contributed by atoms with van der Waals surface area (Å²) in [5.41, 5.74) is 0.793. The van der Waals surface area contributed by atoms with Crippen LogP contribution < -0.4 is 10.2 Å². The number of anilines is 2. The van der Waals surface area contributed by atoms with Crippen LogP contribution in [0, 0.1) is 0 Å². The molecule has 1 aliphatic heterocycles. The molecule has 8 heteroatoms. The number of nitrogens with one attached hydrogen (secondary N) is 1. The fourth-order valence-electron chi connectivity index (χ4n) is 2.30. The molecule has 2 aromatic heterocycles. The van der Waals surface area contributed by atoms with Gasteiger partial charge in [0.15, 0.2) is 0 Å². The fourth-order valence-corrected chi connectivity index (χ4v) is 2.74. The first-order valence-electron chi connectivity index (χ1n) is 6.42. The Hall–Kier alpha value is -1.79. The number of amides is 1. The molecule has 3 heterocycles. The molecule has 0 unspecified atom stereocenters. The van der Waals surface area contributed by atoms with Gasteiger partial charge < -0.3 is 10.2 Å². The predicted molar refractivity (Wildman–Crippen MR) is 81.8 cm³/mol. The molecule has 0 bridgehead atoms. The molecule has 0 aromatic carbocycles. The van der Waals surface area contributed by atoms with Gasteiger partial charge in [0.2, 0.25) is 5.91 Å². The molecule has 21 heavy (non-hydrogen) atoms. The van der Waals surface area contributed by atoms with Crippen molar-refractivity contribution in [1.29, 1.82) is 0 Å². The number of aryl methyl sites for hydroxylation is 1. The summed E-state index contributed by atoms with van der Waals surface area (Å²) in [4.78, 5) is 18.2. The van der Waals surface area contributed by atoms with E-state index in [-0.39, 0.29) is 11.9 Å². The van der Waals surface area contributed by atoms with Crippen molar-refractivity contribution in [2.75, 3.05) is 16.8 Å². The molecule has 2 aromatic rings. The van der Waals surface area contributed by atoms with Gasteiger partial charge in [-0.05, 0) is 12.5 Å². The number of rotatable bonds is 3. The minimum atomic E-state index is -0.351. The van der Waals surface area contributed by atoms with Crippen molar-refractivity contribution < 1.29 is 4.79 Å². The van der Waals surface area contributed by atoms with Crippen LogP contribution in [0.15, 0.2) is 24.7 Å². The molecule has 0 saturated carbocycles. The second kappa shape index (κ2) is 5.54. The van der Waals surface area contributed by atoms with Gasteiger partial charge in [0.25, 0.3) is 0 Å². The number of hydrogen-bond donors (Lipinski definition) is 1. The van der Waals surface area contributed by atoms with E-state index in [1.54, 1.807) is 21.8 Å². The number of halogens is 2. The maximum atomic E-state index is 12.4. The Kier molecular flexibility index (Phi) is 3.73. The standard InChI is InChI=1S/C13H13Cl2N5O/c1-19-7-9(6-17-19)20-3-2-11(13(20)21)18-12-10(15)4-8(14)5-16-12/h4-7,11H,2-3H2,1H3,(H,16,18)/t11-/m1/s1. The van der Waals surface area contributed by atoms with Gasteiger partial charge in [0.05, 0.1) is 21.9 Å². The zero-order valence-electron chi connectivity index (χ0n) is 11.3. The summed E-state index contributed by atoms with van der Waals surface area (Å²) in [5.74, 6) is 0.447. The van der Waals surface area contributed by atoms with E-state index in [2.05, 4.69) is 15.4 Å². The summed E-state index contributed by atoms with van der Waals surface area (Å²) >= 11 is 11.9. The number of pyridine rings is 1. The molecule has 1 fully saturated rings. The number of carbonyl (C=O) groups is 1. The van der Waals surface area contributed by atoms with Gasteiger partial charge in [-0.1, -0.05) is 23.2 Å². The Morgan fingerprint density at radius 2 is 2.19 bits per heavy atom. The molecule has 0 radical (unpaired) electrons. The lowest BCUT2D eigenvalue weighted by Crippen LogP contribution is -2.33. The van der Waals surface area contributed by atoms with E-state index in [1.807, 2.05) is 13.2 Å². The van der Waals surface area contributed by atoms with Crippen molar-refractivity contribution in [3.8, 4) is 0 Å². The molecule has 1 aliphatic rings. The van der Waals surface area contributed by atoms with E-state index in [1.165, 1.54) is 6.20 Å². The van der Waals surface area contributed by atoms with Crippen LogP contribution in [-0.4, -0.2) is 33.3 Å². The molecule has 110 valence electrons. The Bertz CT molecular complexity index is 687. The van der Waals surface area contributed by atoms with Crippen LogP contribution in [0.25, 0.3) is 0 Å². The average molecular weight is 326 g/mol. The number of nitrogens with zero attached hydrogens (tertiary/aromatic N) is 4. The second-order valence-corrected chi connectivity index (χ2v) is 5.68. The Balaban J connectivity index is 1.75. The first-order chi connectivity index (χ1) is 10.0. The summed E-state index contributed by atoms with van der Waals surface area (Å²) in [6.45, 7) is 0.632. The van der Waals surface area contributed by atoms with Crippen LogP contribution in [0.5, 0.6) is 0 Å². The van der Waals surface area contributed by atoms with E-state index in [0.717, 1.165) is 5.69 Å². The monoisotopic (exact) mass is 325 g/mol. The summed E-state index contributed by atoms with van der Waals surface area (Å²) < 4.78 is 1.67. The van der Waals surface area contributed by atoms with Gasteiger partial charge in [-0.3, -0.25) is 9.48 Å². The minimum absolute atomic E-state index is 0.0178. The van der Waals surface area contributed by atoms with Crippen LogP contribution in [0.4, 0.5) is 11.5 Å². The Morgan fingerprint density at radius 1 is 1.38 bits per heavy atom. The number of hydrogen-bond acceptors (Lipinski definition) is 4. The quantitative estimate of drug-likeness (QED) is 0.940. The van der Waals surface area contributed by atoms with Crippen molar-refractivity contribution in [2.45, 2.75) is 12.5 Å². The van der Waals surface area contributed by atoms with Crippen LogP contribution >= 0.6 is 23.2 Å². The third kappa shape index (κ3) is 2.82. The van der Waals surface area contributed by atoms with Crippen molar-refractivity contribution in [3.63, 3.8) is 0 Å². The third-order valence-corrected chi connectivity index (χ3v) is 3.82. The molecule has 0 aliphatic carbocycles. The highest BCUT2D eigenvalue weighted by Gasteiger charge is 2.33. The largest absolute Gasteiger partial charge is 0.357 e. The van der Waals surface area contributed by atoms with E-state index >= 15 is 0 Å². The molecular formula is C13H13Cl2N5O. The molecule has 1 amide bonds. The first-order valence-corrected chi connectivity index (χ1v) is 7.18. The van der Waals surface area contributed by atoms with Crippen molar-refractivity contribution >= 4 is 40.6 Å². The van der Waals surface area contributed by atoms with Gasteiger partial charge in [-0.2, -0.15) is 5.10 Å². The summed E-state index contributed by atoms with van der Waals surface area (Å²) in [6.07, 6.45) is 5.66. The van der Waals surface area contributed by atoms with Crippen LogP contribution in [0.3, 0.4) is 0 Å². The highest BCUT2D eigenvalue weighted by Crippen LogP contribution is 2.27. The molecular weight excluding hydrogens is 313 g/mol. The van der Waals surface area contributed by atoms with E-state index in [4.69, 9.17) is 23.2 Å². The summed E-state index contributed by atoms with van der Waals surface area (Å²) in [6, 6.07) is 1.24. The van der Waals surface area contributed by atoms with Crippen LogP contribution in [0.1, 0.15) is 6.42 Å². The average Bonchev–Trinajstić information content (AvgIpc) is 3.00. The number of carbonyl (C=O) groups excluding carboxylic acids is 1. The number of aromatic nitrogens is 3. The van der Waals surface area contributed by atoms with Crippen molar-refractivity contribution in [2.24, 2.45) is 7.05 Å². The highest BCUT2D eigenvalue weighted by molar-refractivity contribution is 6.36. The second-order valence-electron chi connectivity index (χ2n) is 4.83. The van der Waals surface area contributed by atoms with Crippen LogP contribution in [0.2, 0.25) is 10.0 Å². The van der Waals surface area contributed by atoms with Gasteiger partial charge in [-0.25, -0.2) is 4.98 Å². The zero-order valence-corrected chi connectivity index (χ0v) is 12.8. The topological polar surface area (TPSA) is 63.1 Å². The molecule has 6 nitrogen and oxygen atoms in total. The third-order valence-electron chi connectivity index (χ3n) is 3.33. The zero-order chi connectivity index (χ0) is 15.0. The van der Waals surface area contributed by atoms with E-state index < -0.39 is 0 Å². The van der Waals surface area contributed by atoms with Crippen molar-refractivity contribution in [3.05, 3.63) is 34.7 Å². The lowest BCUT2D eigenvalue weighted by Gasteiger charge is -2.16. The minimum Gasteiger partial charge on any atom is -0.357 e. The summed E-state index contributed by atoms with van der Waals surface area (Å²) in [7, 11) is 1.82. The van der Waals surface area contributed by atoms with Gasteiger partial charge in [-0.15, -0.1) is 0 Å². The van der Waals surface area contributed by atoms with Gasteiger partial charge in [0.1, 0.15) is 11.9 Å². The molecule has 1 N–H and O–H groups in total. The fraction of sp³-hybridized carbons (Fsp3) is 0.308. The van der Waals surface area contributed by atoms with Crippen LogP contribution in [-0.2, 0) is 11.8 Å². The SMILES string of the molecule is Cn1cc(N2CC[C@@H](Nc3ncc(Cl)cc3Cl)C2=O)cn1. The lowest BCUT2D eigenvalue weighted by atomic mass is 10.2. The maximum absolute atomic E-state index is 12.4. The molecule has 3 rings (SSSR count). The van der Waals surface area contributed by atoms with E-state index in [0.29, 0.717) is 28.8 Å². The lowest BCUT2D eigenvalue weighted by molar-refractivity contribution is -0.117. The molecule has 1 saturated heterocycles. The van der Waals surface area contributed by atoms with Gasteiger partial charge >= 0.3 is 0 Å². The predicted octanol–water partition coefficient (Wildman–Crippen LogP) is 2.34. The van der Waals surface area contributed by atoms with Gasteiger partial charge in [0, 0.05) is 26.0 Å². The Labute approximate surface area is 131 Å². The van der Waals surface area contributed by atoms with Crippen molar-refractivity contribution in [1.82, 2.24) is 14.8 Å². The van der Waals surface area contributed by atoms with E-state index in [9.17, 15) is 4.79 Å². The molecule has 1 atom stereocenters. The highest BCUT2D eigenvalue weighted by atomic mass is 35.5.